The molecule has 0 spiro atoms. The van der Waals surface area contributed by atoms with Crippen molar-refractivity contribution in [3.8, 4) is 11.4 Å². The predicted octanol–water partition coefficient (Wildman–Crippen LogP) is 2.29. The number of amides is 1. The minimum atomic E-state index is -3.84. The molecule has 1 amide bonds. The number of benzene rings is 2. The van der Waals surface area contributed by atoms with E-state index >= 15 is 0 Å². The first-order valence-corrected chi connectivity index (χ1v) is 11.2. The fourth-order valence-corrected chi connectivity index (χ4v) is 4.87. The zero-order chi connectivity index (χ0) is 22.7. The molecule has 2 heterocycles. The second-order valence-corrected chi connectivity index (χ2v) is 8.87. The lowest BCUT2D eigenvalue weighted by Crippen LogP contribution is -2.40. The molecule has 0 aliphatic carbocycles. The third kappa shape index (κ3) is 4.49. The van der Waals surface area contributed by atoms with E-state index in [-0.39, 0.29) is 35.1 Å². The molecule has 2 aromatic carbocycles. The van der Waals surface area contributed by atoms with Crippen LogP contribution in [0, 0.1) is 5.82 Å². The molecule has 1 saturated heterocycles. The molecule has 168 valence electrons. The van der Waals surface area contributed by atoms with Crippen LogP contribution in [-0.2, 0) is 14.8 Å². The summed E-state index contributed by atoms with van der Waals surface area (Å²) >= 11 is 0. The lowest BCUT2D eigenvalue weighted by atomic mass is 10.3. The molecule has 0 bridgehead atoms. The molecule has 1 fully saturated rings. The van der Waals surface area contributed by atoms with Crippen molar-refractivity contribution in [2.75, 3.05) is 38.7 Å². The Morgan fingerprint density at radius 2 is 1.94 bits per heavy atom. The number of morpholine rings is 1. The van der Waals surface area contributed by atoms with E-state index < -0.39 is 21.7 Å². The van der Waals surface area contributed by atoms with E-state index in [4.69, 9.17) is 9.47 Å². The van der Waals surface area contributed by atoms with Crippen LogP contribution in [0.5, 0.6) is 5.75 Å². The van der Waals surface area contributed by atoms with E-state index in [1.165, 1.54) is 52.6 Å². The molecule has 0 atom stereocenters. The molecule has 4 rings (SSSR count). The molecule has 11 heteroatoms. The Hall–Kier alpha value is -3.28. The summed E-state index contributed by atoms with van der Waals surface area (Å²) in [4.78, 5) is 12.6. The van der Waals surface area contributed by atoms with Crippen molar-refractivity contribution < 1.29 is 27.1 Å². The zero-order valence-corrected chi connectivity index (χ0v) is 18.0. The van der Waals surface area contributed by atoms with Gasteiger partial charge in [-0.05, 0) is 42.5 Å². The second kappa shape index (κ2) is 9.07. The summed E-state index contributed by atoms with van der Waals surface area (Å²) in [5.41, 5.74) is 0.818. The Balaban J connectivity index is 1.57. The van der Waals surface area contributed by atoms with E-state index in [1.54, 1.807) is 18.2 Å². The number of anilines is 1. The van der Waals surface area contributed by atoms with Gasteiger partial charge in [-0.3, -0.25) is 4.79 Å². The minimum Gasteiger partial charge on any atom is -0.495 e. The third-order valence-corrected chi connectivity index (χ3v) is 6.82. The van der Waals surface area contributed by atoms with Gasteiger partial charge in [-0.25, -0.2) is 17.5 Å². The highest BCUT2D eigenvalue weighted by Gasteiger charge is 2.29. The largest absolute Gasteiger partial charge is 0.495 e. The molecule has 1 aliphatic heterocycles. The molecular formula is C21H21FN4O5S. The first-order chi connectivity index (χ1) is 15.4. The Morgan fingerprint density at radius 1 is 1.16 bits per heavy atom. The maximum Gasteiger partial charge on any atom is 0.276 e. The highest BCUT2D eigenvalue weighted by molar-refractivity contribution is 7.89. The minimum absolute atomic E-state index is 0.0509. The summed E-state index contributed by atoms with van der Waals surface area (Å²) < 4.78 is 52.8. The lowest BCUT2D eigenvalue weighted by molar-refractivity contribution is 0.0729. The Bertz CT molecular complexity index is 1240. The van der Waals surface area contributed by atoms with Gasteiger partial charge in [0.25, 0.3) is 5.91 Å². The van der Waals surface area contributed by atoms with Crippen LogP contribution in [0.3, 0.4) is 0 Å². The van der Waals surface area contributed by atoms with Crippen LogP contribution in [0.15, 0.2) is 59.6 Å². The molecule has 0 saturated carbocycles. The van der Waals surface area contributed by atoms with E-state index in [9.17, 15) is 17.6 Å². The van der Waals surface area contributed by atoms with Crippen LogP contribution in [0.25, 0.3) is 5.69 Å². The molecule has 1 N–H and O–H groups in total. The van der Waals surface area contributed by atoms with Crippen molar-refractivity contribution in [1.82, 2.24) is 14.1 Å². The topological polar surface area (TPSA) is 103 Å². The van der Waals surface area contributed by atoms with Gasteiger partial charge in [0.1, 0.15) is 16.5 Å². The summed E-state index contributed by atoms with van der Waals surface area (Å²) in [6.07, 6.45) is 1.53. The van der Waals surface area contributed by atoms with Crippen LogP contribution < -0.4 is 10.1 Å². The van der Waals surface area contributed by atoms with Crippen molar-refractivity contribution in [2.45, 2.75) is 4.90 Å². The van der Waals surface area contributed by atoms with Gasteiger partial charge in [-0.15, -0.1) is 0 Å². The number of aromatic nitrogens is 2. The smallest absolute Gasteiger partial charge is 0.276 e. The van der Waals surface area contributed by atoms with Crippen molar-refractivity contribution in [2.24, 2.45) is 0 Å². The fraction of sp³-hybridized carbons (Fsp3) is 0.238. The number of nitrogens with zero attached hydrogens (tertiary/aromatic N) is 3. The van der Waals surface area contributed by atoms with Crippen LogP contribution >= 0.6 is 0 Å². The van der Waals surface area contributed by atoms with Crippen molar-refractivity contribution in [3.63, 3.8) is 0 Å². The second-order valence-electron chi connectivity index (χ2n) is 6.96. The first-order valence-electron chi connectivity index (χ1n) is 9.77. The molecule has 0 unspecified atom stereocenters. The summed E-state index contributed by atoms with van der Waals surface area (Å²) in [5, 5.41) is 6.82. The fourth-order valence-electron chi connectivity index (χ4n) is 3.28. The Morgan fingerprint density at radius 3 is 2.66 bits per heavy atom. The summed E-state index contributed by atoms with van der Waals surface area (Å²) in [6, 6.07) is 11.7. The summed E-state index contributed by atoms with van der Waals surface area (Å²) in [5.74, 6) is -0.791. The van der Waals surface area contributed by atoms with Crippen LogP contribution in [0.2, 0.25) is 0 Å². The van der Waals surface area contributed by atoms with Gasteiger partial charge in [0.2, 0.25) is 10.0 Å². The molecular weight excluding hydrogens is 439 g/mol. The molecule has 3 aromatic rings. The molecule has 9 nitrogen and oxygen atoms in total. The lowest BCUT2D eigenvalue weighted by Gasteiger charge is -2.26. The Kier molecular flexibility index (Phi) is 6.21. The number of hydrogen-bond donors (Lipinski definition) is 1. The van der Waals surface area contributed by atoms with Crippen LogP contribution in [0.1, 0.15) is 10.5 Å². The van der Waals surface area contributed by atoms with Gasteiger partial charge in [0.15, 0.2) is 5.69 Å². The van der Waals surface area contributed by atoms with E-state index in [2.05, 4.69) is 10.4 Å². The standard InChI is InChI=1S/C21H21FN4O5S/c1-30-19-6-5-16(14-20(19)32(28,29)25-9-11-31-12-10-25)23-21(27)18-7-8-26(24-18)17-4-2-3-15(22)13-17/h2-8,13-14H,9-12H2,1H3,(H,23,27). The highest BCUT2D eigenvalue weighted by Crippen LogP contribution is 2.30. The van der Waals surface area contributed by atoms with Gasteiger partial charge in [-0.1, -0.05) is 6.07 Å². The first kappa shape index (κ1) is 21.9. The maximum absolute atomic E-state index is 13.4. The van der Waals surface area contributed by atoms with Crippen molar-refractivity contribution in [1.29, 1.82) is 0 Å². The number of sulfonamides is 1. The number of carbonyl (C=O) groups excluding carboxylic acids is 1. The van der Waals surface area contributed by atoms with Gasteiger partial charge >= 0.3 is 0 Å². The number of halogens is 1. The maximum atomic E-state index is 13.4. The highest BCUT2D eigenvalue weighted by atomic mass is 32.2. The number of rotatable bonds is 6. The number of carbonyl (C=O) groups is 1. The molecule has 1 aliphatic rings. The van der Waals surface area contributed by atoms with E-state index in [0.717, 1.165) is 0 Å². The predicted molar refractivity (Wildman–Crippen MR) is 114 cm³/mol. The molecule has 32 heavy (non-hydrogen) atoms. The van der Waals surface area contributed by atoms with Crippen LogP contribution in [-0.4, -0.2) is 61.8 Å². The van der Waals surface area contributed by atoms with E-state index in [1.807, 2.05) is 0 Å². The average Bonchev–Trinajstić information content (AvgIpc) is 3.30. The summed E-state index contributed by atoms with van der Waals surface area (Å²) in [6.45, 7) is 1.09. The van der Waals surface area contributed by atoms with Crippen molar-refractivity contribution in [3.05, 3.63) is 66.2 Å². The monoisotopic (exact) mass is 460 g/mol. The van der Waals surface area contributed by atoms with E-state index in [0.29, 0.717) is 18.9 Å². The van der Waals surface area contributed by atoms with Gasteiger partial charge in [0.05, 0.1) is 26.0 Å². The number of hydrogen-bond acceptors (Lipinski definition) is 6. The normalized spacial score (nSPS) is 14.8. The quantitative estimate of drug-likeness (QED) is 0.606. The zero-order valence-electron chi connectivity index (χ0n) is 17.2. The van der Waals surface area contributed by atoms with Crippen molar-refractivity contribution >= 4 is 21.6 Å². The van der Waals surface area contributed by atoms with Crippen LogP contribution in [0.4, 0.5) is 10.1 Å². The number of nitrogens with one attached hydrogen (secondary N) is 1. The van der Waals surface area contributed by atoms with Gasteiger partial charge in [-0.2, -0.15) is 9.40 Å². The molecule has 0 radical (unpaired) electrons. The molecule has 1 aromatic heterocycles. The third-order valence-electron chi connectivity index (χ3n) is 4.90. The van der Waals surface area contributed by atoms with Gasteiger partial charge in [0, 0.05) is 25.0 Å². The van der Waals surface area contributed by atoms with Gasteiger partial charge < -0.3 is 14.8 Å². The summed E-state index contributed by atoms with van der Waals surface area (Å²) in [7, 11) is -2.46. The number of methoxy groups -OCH3 is 1. The Labute approximate surface area is 184 Å². The number of ether oxygens (including phenoxy) is 2. The SMILES string of the molecule is COc1ccc(NC(=O)c2ccn(-c3cccc(F)c3)n2)cc1S(=O)(=O)N1CCOCC1. The average molecular weight is 460 g/mol.